The fourth-order valence-electron chi connectivity index (χ4n) is 2.50. The summed E-state index contributed by atoms with van der Waals surface area (Å²) in [7, 11) is 0. The molecule has 78 valence electrons. The van der Waals surface area contributed by atoms with Crippen LogP contribution in [0.1, 0.15) is 36.0 Å². The normalized spacial score (nSPS) is 21.9. The molecule has 0 heterocycles. The second-order valence-corrected chi connectivity index (χ2v) is 4.85. The Bertz CT molecular complexity index is 439. The molecule has 0 atom stereocenters. The Morgan fingerprint density at radius 3 is 2.80 bits per heavy atom. The van der Waals surface area contributed by atoms with Crippen LogP contribution in [0.4, 0.5) is 0 Å². The van der Waals surface area contributed by atoms with Gasteiger partial charge in [-0.2, -0.15) is 0 Å². The number of aliphatic hydroxyl groups is 1. The minimum atomic E-state index is -0.482. The molecule has 1 N–H and O–H groups in total. The Morgan fingerprint density at radius 1 is 1.27 bits per heavy atom. The lowest BCUT2D eigenvalue weighted by atomic mass is 9.86. The van der Waals surface area contributed by atoms with Gasteiger partial charge in [0.1, 0.15) is 0 Å². The first kappa shape index (κ1) is 9.17. The maximum absolute atomic E-state index is 10.2. The third-order valence-electron chi connectivity index (χ3n) is 3.54. The van der Waals surface area contributed by atoms with Crippen LogP contribution >= 0.6 is 0 Å². The van der Waals surface area contributed by atoms with E-state index in [0.29, 0.717) is 0 Å². The van der Waals surface area contributed by atoms with Crippen molar-refractivity contribution < 1.29 is 5.11 Å². The van der Waals surface area contributed by atoms with Crippen molar-refractivity contribution in [2.24, 2.45) is 0 Å². The predicted octanol–water partition coefficient (Wildman–Crippen LogP) is 2.85. The molecule has 0 saturated heterocycles. The van der Waals surface area contributed by atoms with Crippen LogP contribution in [0.5, 0.6) is 0 Å². The van der Waals surface area contributed by atoms with Crippen LogP contribution in [0.25, 0.3) is 5.57 Å². The Morgan fingerprint density at radius 2 is 2.07 bits per heavy atom. The quantitative estimate of drug-likeness (QED) is 0.739. The highest BCUT2D eigenvalue weighted by Crippen LogP contribution is 2.48. The van der Waals surface area contributed by atoms with E-state index in [4.69, 9.17) is 0 Å². The van der Waals surface area contributed by atoms with Crippen molar-refractivity contribution in [3.05, 3.63) is 41.0 Å². The highest BCUT2D eigenvalue weighted by atomic mass is 16.3. The number of aryl methyl sites for hydroxylation is 2. The summed E-state index contributed by atoms with van der Waals surface area (Å²) in [6, 6.07) is 6.57. The lowest BCUT2D eigenvalue weighted by Gasteiger charge is -2.22. The second-order valence-electron chi connectivity index (χ2n) is 4.85. The van der Waals surface area contributed by atoms with Gasteiger partial charge in [-0.3, -0.25) is 0 Å². The van der Waals surface area contributed by atoms with E-state index in [0.717, 1.165) is 25.7 Å². The molecule has 1 aromatic rings. The summed E-state index contributed by atoms with van der Waals surface area (Å²) in [5, 5.41) is 10.2. The van der Waals surface area contributed by atoms with Gasteiger partial charge < -0.3 is 5.11 Å². The molecule has 2 aliphatic rings. The molecular weight excluding hydrogens is 184 g/mol. The van der Waals surface area contributed by atoms with Gasteiger partial charge in [0.25, 0.3) is 0 Å². The summed E-state index contributed by atoms with van der Waals surface area (Å²) in [6.07, 6.45) is 6.30. The number of rotatable bonds is 1. The molecule has 0 radical (unpaired) electrons. The van der Waals surface area contributed by atoms with Crippen molar-refractivity contribution in [3.8, 4) is 0 Å². The van der Waals surface area contributed by atoms with E-state index in [1.807, 2.05) is 0 Å². The number of hydrogen-bond acceptors (Lipinski definition) is 1. The Kier molecular flexibility index (Phi) is 1.81. The van der Waals surface area contributed by atoms with Crippen LogP contribution in [0.15, 0.2) is 24.3 Å². The Balaban J connectivity index is 2.10. The molecule has 0 unspecified atom stereocenters. The average molecular weight is 200 g/mol. The van der Waals surface area contributed by atoms with E-state index >= 15 is 0 Å². The first-order valence-corrected chi connectivity index (χ1v) is 5.72. The zero-order valence-electron chi connectivity index (χ0n) is 9.09. The van der Waals surface area contributed by atoms with Crippen molar-refractivity contribution in [3.63, 3.8) is 0 Å². The molecule has 0 aliphatic heterocycles. The lowest BCUT2D eigenvalue weighted by molar-refractivity contribution is 0.211. The molecule has 1 heteroatoms. The number of allylic oxidation sites excluding steroid dienone is 1. The second kappa shape index (κ2) is 2.96. The van der Waals surface area contributed by atoms with E-state index in [1.165, 1.54) is 22.3 Å². The maximum Gasteiger partial charge on any atom is 0.0901 e. The minimum absolute atomic E-state index is 0.482. The SMILES string of the molecule is Cc1ccc2c(c1)CCC=C2C1(O)CC1. The predicted molar refractivity (Wildman–Crippen MR) is 61.7 cm³/mol. The monoisotopic (exact) mass is 200 g/mol. The highest BCUT2D eigenvalue weighted by Gasteiger charge is 2.45. The number of benzene rings is 1. The first-order chi connectivity index (χ1) is 7.19. The van der Waals surface area contributed by atoms with E-state index in [-0.39, 0.29) is 0 Å². The van der Waals surface area contributed by atoms with Crippen molar-refractivity contribution >= 4 is 5.57 Å². The molecule has 15 heavy (non-hydrogen) atoms. The topological polar surface area (TPSA) is 20.2 Å². The minimum Gasteiger partial charge on any atom is -0.385 e. The van der Waals surface area contributed by atoms with Crippen LogP contribution in [-0.4, -0.2) is 10.7 Å². The van der Waals surface area contributed by atoms with Crippen molar-refractivity contribution in [1.29, 1.82) is 0 Å². The largest absolute Gasteiger partial charge is 0.385 e. The lowest BCUT2D eigenvalue weighted by Crippen LogP contribution is -2.14. The summed E-state index contributed by atoms with van der Waals surface area (Å²) >= 11 is 0. The third-order valence-corrected chi connectivity index (χ3v) is 3.54. The van der Waals surface area contributed by atoms with Gasteiger partial charge >= 0.3 is 0 Å². The molecule has 2 aliphatic carbocycles. The molecular formula is C14H16O. The van der Waals surface area contributed by atoms with Gasteiger partial charge in [0.2, 0.25) is 0 Å². The number of fused-ring (bicyclic) bond motifs is 1. The van der Waals surface area contributed by atoms with Gasteiger partial charge in [0.05, 0.1) is 5.60 Å². The van der Waals surface area contributed by atoms with Gasteiger partial charge in [-0.15, -0.1) is 0 Å². The molecule has 1 saturated carbocycles. The van der Waals surface area contributed by atoms with Crippen molar-refractivity contribution in [2.75, 3.05) is 0 Å². The Labute approximate surface area is 90.4 Å². The van der Waals surface area contributed by atoms with Gasteiger partial charge in [-0.25, -0.2) is 0 Å². The Hall–Kier alpha value is -1.08. The standard InChI is InChI=1S/C14H16O/c1-10-5-6-12-11(9-10)3-2-4-13(12)14(15)7-8-14/h4-6,9,15H,2-3,7-8H2,1H3. The van der Waals surface area contributed by atoms with Crippen molar-refractivity contribution in [2.45, 2.75) is 38.2 Å². The maximum atomic E-state index is 10.2. The fourth-order valence-corrected chi connectivity index (χ4v) is 2.50. The highest BCUT2D eigenvalue weighted by molar-refractivity contribution is 5.78. The van der Waals surface area contributed by atoms with Crippen LogP contribution in [-0.2, 0) is 6.42 Å². The molecule has 1 aromatic carbocycles. The van der Waals surface area contributed by atoms with E-state index < -0.39 is 5.60 Å². The van der Waals surface area contributed by atoms with Crippen LogP contribution in [0.3, 0.4) is 0 Å². The zero-order chi connectivity index (χ0) is 10.5. The van der Waals surface area contributed by atoms with Gasteiger partial charge in [0.15, 0.2) is 0 Å². The number of hydrogen-bond donors (Lipinski definition) is 1. The molecule has 3 rings (SSSR count). The molecule has 0 aromatic heterocycles. The fraction of sp³-hybridized carbons (Fsp3) is 0.429. The third kappa shape index (κ3) is 1.42. The molecule has 1 nitrogen and oxygen atoms in total. The molecule has 0 spiro atoms. The van der Waals surface area contributed by atoms with Gasteiger partial charge in [-0.1, -0.05) is 29.8 Å². The van der Waals surface area contributed by atoms with Gasteiger partial charge in [-0.05, 0) is 49.3 Å². The van der Waals surface area contributed by atoms with E-state index in [2.05, 4.69) is 31.2 Å². The van der Waals surface area contributed by atoms with Gasteiger partial charge in [0, 0.05) is 0 Å². The smallest absolute Gasteiger partial charge is 0.0901 e. The van der Waals surface area contributed by atoms with Crippen LogP contribution in [0, 0.1) is 6.92 Å². The summed E-state index contributed by atoms with van der Waals surface area (Å²) < 4.78 is 0. The first-order valence-electron chi connectivity index (χ1n) is 5.72. The summed E-state index contributed by atoms with van der Waals surface area (Å²) in [4.78, 5) is 0. The van der Waals surface area contributed by atoms with Crippen LogP contribution in [0.2, 0.25) is 0 Å². The van der Waals surface area contributed by atoms with Crippen molar-refractivity contribution in [1.82, 2.24) is 0 Å². The molecule has 0 amide bonds. The molecule has 0 bridgehead atoms. The van der Waals surface area contributed by atoms with E-state index in [9.17, 15) is 5.11 Å². The summed E-state index contributed by atoms with van der Waals surface area (Å²) in [5.74, 6) is 0. The molecule has 1 fully saturated rings. The zero-order valence-corrected chi connectivity index (χ0v) is 9.09. The van der Waals surface area contributed by atoms with Crippen LogP contribution < -0.4 is 0 Å². The summed E-state index contributed by atoms with van der Waals surface area (Å²) in [6.45, 7) is 2.13. The average Bonchev–Trinajstić information content (AvgIpc) is 2.96. The summed E-state index contributed by atoms with van der Waals surface area (Å²) in [5.41, 5.74) is 4.71. The van der Waals surface area contributed by atoms with E-state index in [1.54, 1.807) is 0 Å².